The summed E-state index contributed by atoms with van der Waals surface area (Å²) in [5, 5.41) is 6.00. The van der Waals surface area contributed by atoms with Crippen molar-refractivity contribution in [3.05, 3.63) is 84.7 Å². The first kappa shape index (κ1) is 21.1. The smallest absolute Gasteiger partial charge is 0.238 e. The Morgan fingerprint density at radius 2 is 1.88 bits per heavy atom. The summed E-state index contributed by atoms with van der Waals surface area (Å²) in [6, 6.07) is 16.0. The van der Waals surface area contributed by atoms with Gasteiger partial charge in [0, 0.05) is 24.5 Å². The summed E-state index contributed by atoms with van der Waals surface area (Å²) >= 11 is 0. The zero-order valence-electron chi connectivity index (χ0n) is 18.1. The molecule has 7 nitrogen and oxygen atoms in total. The molecule has 3 aromatic heterocycles. The van der Waals surface area contributed by atoms with Crippen LogP contribution in [0.4, 0.5) is 21.7 Å². The van der Waals surface area contributed by atoms with E-state index in [0.717, 1.165) is 48.8 Å². The van der Waals surface area contributed by atoms with Crippen LogP contribution in [-0.2, 0) is 4.79 Å². The van der Waals surface area contributed by atoms with Crippen molar-refractivity contribution >= 4 is 28.7 Å². The number of likely N-dealkylation sites (tertiary alicyclic amines) is 1. The molecule has 4 heterocycles. The van der Waals surface area contributed by atoms with E-state index >= 15 is 0 Å². The fourth-order valence-corrected chi connectivity index (χ4v) is 4.25. The number of anilines is 3. The van der Waals surface area contributed by atoms with E-state index in [1.807, 2.05) is 36.5 Å². The molecule has 1 aliphatic heterocycles. The van der Waals surface area contributed by atoms with Gasteiger partial charge in [-0.2, -0.15) is 0 Å². The summed E-state index contributed by atoms with van der Waals surface area (Å²) in [6.07, 6.45) is 7.65. The first-order chi connectivity index (χ1) is 16.2. The van der Waals surface area contributed by atoms with Crippen LogP contribution in [0.15, 0.2) is 73.2 Å². The molecular weight excluding hydrogens is 419 g/mol. The number of piperidine rings is 1. The molecule has 0 bridgehead atoms. The molecule has 33 heavy (non-hydrogen) atoms. The topological polar surface area (TPSA) is 74.6 Å². The van der Waals surface area contributed by atoms with E-state index in [1.165, 1.54) is 6.07 Å². The van der Waals surface area contributed by atoms with Gasteiger partial charge in [0.25, 0.3) is 0 Å². The van der Waals surface area contributed by atoms with Crippen LogP contribution < -0.4 is 10.6 Å². The number of aromatic nitrogens is 3. The zero-order chi connectivity index (χ0) is 22.6. The first-order valence-corrected chi connectivity index (χ1v) is 11.1. The number of nitrogens with zero attached hydrogens (tertiary/aromatic N) is 4. The van der Waals surface area contributed by atoms with Crippen molar-refractivity contribution < 1.29 is 9.18 Å². The van der Waals surface area contributed by atoms with Crippen LogP contribution in [0.3, 0.4) is 0 Å². The average molecular weight is 445 g/mol. The lowest BCUT2D eigenvalue weighted by Crippen LogP contribution is -2.39. The molecule has 0 radical (unpaired) electrons. The Bertz CT molecular complexity index is 1250. The predicted octanol–water partition coefficient (Wildman–Crippen LogP) is 4.43. The minimum Gasteiger partial charge on any atom is -0.323 e. The maximum absolute atomic E-state index is 13.8. The number of amides is 1. The molecule has 1 aromatic carbocycles. The summed E-state index contributed by atoms with van der Waals surface area (Å²) in [5.41, 5.74) is 2.23. The number of carbonyl (C=O) groups is 1. The van der Waals surface area contributed by atoms with E-state index in [-0.39, 0.29) is 18.1 Å². The fourth-order valence-electron chi connectivity index (χ4n) is 4.25. The normalized spacial score (nSPS) is 14.9. The Balaban J connectivity index is 1.24. The van der Waals surface area contributed by atoms with Gasteiger partial charge in [0.05, 0.1) is 23.4 Å². The second kappa shape index (κ2) is 9.38. The van der Waals surface area contributed by atoms with Gasteiger partial charge in [-0.3, -0.25) is 9.69 Å². The lowest BCUT2D eigenvalue weighted by Gasteiger charge is -2.31. The Kier molecular flexibility index (Phi) is 5.99. The predicted molar refractivity (Wildman–Crippen MR) is 126 cm³/mol. The molecule has 168 valence electrons. The molecule has 0 atom stereocenters. The molecule has 8 heteroatoms. The van der Waals surface area contributed by atoms with E-state index in [0.29, 0.717) is 5.92 Å². The van der Waals surface area contributed by atoms with Gasteiger partial charge in [0.15, 0.2) is 5.82 Å². The van der Waals surface area contributed by atoms with E-state index < -0.39 is 5.82 Å². The molecule has 0 saturated carbocycles. The monoisotopic (exact) mass is 444 g/mol. The molecule has 1 saturated heterocycles. The highest BCUT2D eigenvalue weighted by Crippen LogP contribution is 2.30. The molecule has 4 aromatic rings. The zero-order valence-corrected chi connectivity index (χ0v) is 18.1. The molecule has 1 fully saturated rings. The largest absolute Gasteiger partial charge is 0.323 e. The Hall–Kier alpha value is -3.78. The van der Waals surface area contributed by atoms with E-state index in [4.69, 9.17) is 4.98 Å². The van der Waals surface area contributed by atoms with Crippen LogP contribution in [0, 0.1) is 5.82 Å². The maximum Gasteiger partial charge on any atom is 0.238 e. The minimum atomic E-state index is -0.425. The quantitative estimate of drug-likeness (QED) is 0.460. The molecule has 1 amide bonds. The number of benzene rings is 1. The molecule has 0 unspecified atom stereocenters. The van der Waals surface area contributed by atoms with Gasteiger partial charge < -0.3 is 15.0 Å². The second-order valence-corrected chi connectivity index (χ2v) is 8.23. The fraction of sp³-hybridized carbons (Fsp3) is 0.240. The molecular formula is C25H25FN6O. The van der Waals surface area contributed by atoms with Crippen LogP contribution in [0.5, 0.6) is 0 Å². The molecule has 0 aliphatic carbocycles. The number of fused-ring (bicyclic) bond motifs is 1. The lowest BCUT2D eigenvalue weighted by atomic mass is 9.93. The highest BCUT2D eigenvalue weighted by molar-refractivity contribution is 5.92. The molecule has 0 spiro atoms. The maximum atomic E-state index is 13.8. The third-order valence-electron chi connectivity index (χ3n) is 5.97. The van der Waals surface area contributed by atoms with Crippen LogP contribution >= 0.6 is 0 Å². The van der Waals surface area contributed by atoms with Crippen LogP contribution in [0.1, 0.15) is 24.5 Å². The van der Waals surface area contributed by atoms with Gasteiger partial charge in [-0.15, -0.1) is 0 Å². The number of hydrogen-bond donors (Lipinski definition) is 2. The van der Waals surface area contributed by atoms with Crippen LogP contribution in [0.25, 0.3) is 5.52 Å². The summed E-state index contributed by atoms with van der Waals surface area (Å²) in [7, 11) is 0. The van der Waals surface area contributed by atoms with E-state index in [2.05, 4.69) is 31.1 Å². The van der Waals surface area contributed by atoms with Crippen molar-refractivity contribution in [2.45, 2.75) is 18.8 Å². The average Bonchev–Trinajstić information content (AvgIpc) is 3.31. The lowest BCUT2D eigenvalue weighted by molar-refractivity contribution is -0.117. The molecule has 5 rings (SSSR count). The highest BCUT2D eigenvalue weighted by atomic mass is 19.1. The summed E-state index contributed by atoms with van der Waals surface area (Å²) < 4.78 is 15.9. The third kappa shape index (κ3) is 4.85. The summed E-state index contributed by atoms with van der Waals surface area (Å²) in [5.74, 6) is 1.20. The van der Waals surface area contributed by atoms with Gasteiger partial charge in [-0.25, -0.2) is 14.4 Å². The van der Waals surface area contributed by atoms with Crippen molar-refractivity contribution in [3.63, 3.8) is 0 Å². The summed E-state index contributed by atoms with van der Waals surface area (Å²) in [6.45, 7) is 1.81. The van der Waals surface area contributed by atoms with E-state index in [9.17, 15) is 9.18 Å². The molecule has 2 N–H and O–H groups in total. The van der Waals surface area contributed by atoms with Crippen LogP contribution in [-0.4, -0.2) is 44.8 Å². The standard InChI is InChI=1S/C25H25FN6O/c26-19-6-1-2-7-20(19)28-24(33)17-31-14-10-18(11-15-31)21-16-32-13-5-8-22(32)25(29-21)30-23-9-3-4-12-27-23/h1-9,12-13,16,18H,10-11,14-15,17H2,(H,28,33)(H,27,29,30). The van der Waals surface area contributed by atoms with Gasteiger partial charge in [0.1, 0.15) is 11.6 Å². The first-order valence-electron chi connectivity index (χ1n) is 11.1. The minimum absolute atomic E-state index is 0.202. The van der Waals surface area contributed by atoms with Gasteiger partial charge in [-0.05, 0) is 62.3 Å². The Labute approximate surface area is 191 Å². The Morgan fingerprint density at radius 3 is 2.67 bits per heavy atom. The number of para-hydroxylation sites is 1. The number of halogens is 1. The number of hydrogen-bond acceptors (Lipinski definition) is 5. The Morgan fingerprint density at radius 1 is 1.06 bits per heavy atom. The number of carbonyl (C=O) groups excluding carboxylic acids is 1. The van der Waals surface area contributed by atoms with E-state index in [1.54, 1.807) is 24.4 Å². The van der Waals surface area contributed by atoms with Crippen molar-refractivity contribution in [2.75, 3.05) is 30.3 Å². The highest BCUT2D eigenvalue weighted by Gasteiger charge is 2.24. The number of rotatable bonds is 6. The van der Waals surface area contributed by atoms with Crippen molar-refractivity contribution in [1.29, 1.82) is 0 Å². The van der Waals surface area contributed by atoms with Gasteiger partial charge in [-0.1, -0.05) is 18.2 Å². The van der Waals surface area contributed by atoms with Crippen LogP contribution in [0.2, 0.25) is 0 Å². The number of nitrogens with one attached hydrogen (secondary N) is 2. The van der Waals surface area contributed by atoms with Crippen molar-refractivity contribution in [1.82, 2.24) is 19.3 Å². The third-order valence-corrected chi connectivity index (χ3v) is 5.97. The number of pyridine rings is 1. The van der Waals surface area contributed by atoms with Gasteiger partial charge >= 0.3 is 0 Å². The summed E-state index contributed by atoms with van der Waals surface area (Å²) in [4.78, 5) is 23.8. The van der Waals surface area contributed by atoms with Crippen molar-refractivity contribution in [2.24, 2.45) is 0 Å². The SMILES string of the molecule is O=C(CN1CCC(c2cn3cccc3c(Nc3ccccn3)n2)CC1)Nc1ccccc1F. The van der Waals surface area contributed by atoms with Gasteiger partial charge in [0.2, 0.25) is 5.91 Å². The molecule has 1 aliphatic rings. The van der Waals surface area contributed by atoms with Crippen molar-refractivity contribution in [3.8, 4) is 0 Å². The second-order valence-electron chi connectivity index (χ2n) is 8.23.